The summed E-state index contributed by atoms with van der Waals surface area (Å²) in [5.74, 6) is 1.15. The van der Waals surface area contributed by atoms with E-state index in [2.05, 4.69) is 102 Å². The van der Waals surface area contributed by atoms with Crippen LogP contribution in [0.5, 0.6) is 0 Å². The second-order valence-electron chi connectivity index (χ2n) is 10.4. The average Bonchev–Trinajstić information content (AvgIpc) is 3.13. The Balaban J connectivity index is 1.80. The molecule has 0 spiro atoms. The lowest BCUT2D eigenvalue weighted by Gasteiger charge is -2.34. The molecule has 2 aliphatic rings. The van der Waals surface area contributed by atoms with Gasteiger partial charge in [-0.15, -0.1) is 0 Å². The largest absolute Gasteiger partial charge is 0.0955 e. The van der Waals surface area contributed by atoms with Crippen LogP contribution in [0.15, 0.2) is 101 Å². The van der Waals surface area contributed by atoms with Crippen LogP contribution >= 0.6 is 0 Å². The first-order valence-corrected chi connectivity index (χ1v) is 13.0. The van der Waals surface area contributed by atoms with Crippen molar-refractivity contribution in [2.45, 2.75) is 72.1 Å². The molecule has 0 nitrogen and oxygen atoms in total. The molecule has 2 aliphatic carbocycles. The molecule has 0 amide bonds. The van der Waals surface area contributed by atoms with Crippen LogP contribution in [0.3, 0.4) is 0 Å². The van der Waals surface area contributed by atoms with Crippen LogP contribution in [0.2, 0.25) is 0 Å². The van der Waals surface area contributed by atoms with Crippen LogP contribution in [-0.2, 0) is 6.42 Å². The maximum Gasteiger partial charge on any atom is 0.0201 e. The Kier molecular flexibility index (Phi) is 7.27. The van der Waals surface area contributed by atoms with Crippen molar-refractivity contribution in [1.82, 2.24) is 0 Å². The molecule has 0 radical (unpaired) electrons. The van der Waals surface area contributed by atoms with E-state index in [0.717, 1.165) is 25.7 Å². The molecule has 1 fully saturated rings. The fraction of sp³-hybridized carbons (Fsp3) is 0.353. The fourth-order valence-corrected chi connectivity index (χ4v) is 5.90. The standard InChI is InChI=1S/C34H40/c1-8-12-23(5)32-24(6)19-31-21-30(20-29-14-11-10-13-26(29)9-2)25(7)33(31)34(32)28-17-15-27(16-18-28)22(3)4/h10-11,13-20,22,33-34H,5,7-9,12,21H2,1-4,6H3/b30-20-. The molecule has 34 heavy (non-hydrogen) atoms. The third-order valence-electron chi connectivity index (χ3n) is 7.71. The summed E-state index contributed by atoms with van der Waals surface area (Å²) < 4.78 is 0. The van der Waals surface area contributed by atoms with E-state index in [1.807, 2.05) is 0 Å². The van der Waals surface area contributed by atoms with E-state index in [-0.39, 0.29) is 0 Å². The second-order valence-corrected chi connectivity index (χ2v) is 10.4. The van der Waals surface area contributed by atoms with Gasteiger partial charge in [0.2, 0.25) is 0 Å². The van der Waals surface area contributed by atoms with E-state index in [4.69, 9.17) is 6.58 Å². The van der Waals surface area contributed by atoms with E-state index in [9.17, 15) is 0 Å². The minimum Gasteiger partial charge on any atom is -0.0955 e. The van der Waals surface area contributed by atoms with Gasteiger partial charge in [0.15, 0.2) is 0 Å². The van der Waals surface area contributed by atoms with Gasteiger partial charge in [-0.3, -0.25) is 0 Å². The van der Waals surface area contributed by atoms with Crippen molar-refractivity contribution in [3.05, 3.63) is 123 Å². The first-order chi connectivity index (χ1) is 16.3. The predicted molar refractivity (Wildman–Crippen MR) is 149 cm³/mol. The molecule has 2 aromatic carbocycles. The summed E-state index contributed by atoms with van der Waals surface area (Å²) in [6.07, 6.45) is 9.04. The molecule has 0 heteroatoms. The maximum absolute atomic E-state index is 4.70. The molecule has 0 N–H and O–H groups in total. The third-order valence-corrected chi connectivity index (χ3v) is 7.71. The van der Waals surface area contributed by atoms with Crippen LogP contribution < -0.4 is 0 Å². The highest BCUT2D eigenvalue weighted by molar-refractivity contribution is 5.68. The molecule has 2 atom stereocenters. The lowest BCUT2D eigenvalue weighted by Crippen LogP contribution is -2.21. The topological polar surface area (TPSA) is 0 Å². The summed E-state index contributed by atoms with van der Waals surface area (Å²) in [7, 11) is 0. The van der Waals surface area contributed by atoms with E-state index in [0.29, 0.717) is 17.8 Å². The van der Waals surface area contributed by atoms with Gasteiger partial charge in [-0.2, -0.15) is 0 Å². The fourth-order valence-electron chi connectivity index (χ4n) is 5.90. The summed E-state index contributed by atoms with van der Waals surface area (Å²) in [4.78, 5) is 0. The number of allylic oxidation sites excluding steroid dienone is 7. The van der Waals surface area contributed by atoms with E-state index in [1.54, 1.807) is 0 Å². The molecule has 2 aromatic rings. The van der Waals surface area contributed by atoms with Crippen molar-refractivity contribution in [3.63, 3.8) is 0 Å². The van der Waals surface area contributed by atoms with Gasteiger partial charge in [-0.05, 0) is 76.7 Å². The zero-order chi connectivity index (χ0) is 24.4. The zero-order valence-corrected chi connectivity index (χ0v) is 21.7. The highest BCUT2D eigenvalue weighted by atomic mass is 14.4. The lowest BCUT2D eigenvalue weighted by atomic mass is 9.69. The number of rotatable bonds is 7. The number of hydrogen-bond acceptors (Lipinski definition) is 0. The van der Waals surface area contributed by atoms with Crippen LogP contribution in [0.25, 0.3) is 6.08 Å². The smallest absolute Gasteiger partial charge is 0.0201 e. The highest BCUT2D eigenvalue weighted by Gasteiger charge is 2.40. The normalized spacial score (nSPS) is 21.3. The maximum atomic E-state index is 4.70. The van der Waals surface area contributed by atoms with Crippen LogP contribution in [0.4, 0.5) is 0 Å². The summed E-state index contributed by atoms with van der Waals surface area (Å²) >= 11 is 0. The van der Waals surface area contributed by atoms with Crippen molar-refractivity contribution in [2.24, 2.45) is 5.92 Å². The van der Waals surface area contributed by atoms with Crippen molar-refractivity contribution in [2.75, 3.05) is 0 Å². The molecule has 4 rings (SSSR count). The average molecular weight is 449 g/mol. The zero-order valence-electron chi connectivity index (χ0n) is 21.7. The van der Waals surface area contributed by atoms with Gasteiger partial charge in [-0.1, -0.05) is 119 Å². The van der Waals surface area contributed by atoms with Crippen molar-refractivity contribution >= 4 is 6.08 Å². The molecule has 0 aromatic heterocycles. The van der Waals surface area contributed by atoms with Crippen molar-refractivity contribution in [3.8, 4) is 0 Å². The van der Waals surface area contributed by atoms with Crippen LogP contribution in [0, 0.1) is 5.92 Å². The summed E-state index contributed by atoms with van der Waals surface area (Å²) in [5, 5.41) is 0. The Labute approximate surface area is 207 Å². The molecular formula is C34H40. The Hall–Kier alpha value is -2.86. The van der Waals surface area contributed by atoms with E-state index in [1.165, 1.54) is 55.7 Å². The van der Waals surface area contributed by atoms with Gasteiger partial charge in [0.25, 0.3) is 0 Å². The van der Waals surface area contributed by atoms with Crippen LogP contribution in [0.1, 0.15) is 88.0 Å². The number of aryl methyl sites for hydroxylation is 1. The van der Waals surface area contributed by atoms with Crippen molar-refractivity contribution in [1.29, 1.82) is 0 Å². The van der Waals surface area contributed by atoms with Crippen molar-refractivity contribution < 1.29 is 0 Å². The Morgan fingerprint density at radius 2 is 1.74 bits per heavy atom. The van der Waals surface area contributed by atoms with Crippen LogP contribution in [-0.4, -0.2) is 0 Å². The minimum absolute atomic E-state index is 0.292. The highest BCUT2D eigenvalue weighted by Crippen LogP contribution is 2.55. The first-order valence-electron chi connectivity index (χ1n) is 13.0. The molecule has 0 bridgehead atoms. The molecule has 0 heterocycles. The number of benzene rings is 2. The SMILES string of the molecule is C=C(CCC)C1=C(C)C=C2C/C(=C/c3ccccc3CC)C(=C)C2C1c1ccc(C(C)C)cc1. The Bertz CT molecular complexity index is 1180. The second kappa shape index (κ2) is 10.2. The minimum atomic E-state index is 0.292. The quantitative estimate of drug-likeness (QED) is 0.395. The number of hydrogen-bond donors (Lipinski definition) is 0. The molecule has 176 valence electrons. The third kappa shape index (κ3) is 4.56. The molecule has 0 saturated heterocycles. The first kappa shape index (κ1) is 24.3. The van der Waals surface area contributed by atoms with Gasteiger partial charge in [0, 0.05) is 11.8 Å². The van der Waals surface area contributed by atoms with Gasteiger partial charge in [0.1, 0.15) is 0 Å². The van der Waals surface area contributed by atoms with E-state index >= 15 is 0 Å². The van der Waals surface area contributed by atoms with Gasteiger partial charge in [0.05, 0.1) is 0 Å². The number of fused-ring (bicyclic) bond motifs is 1. The van der Waals surface area contributed by atoms with Gasteiger partial charge in [-0.25, -0.2) is 0 Å². The Morgan fingerprint density at radius 1 is 1.03 bits per heavy atom. The van der Waals surface area contributed by atoms with Gasteiger partial charge < -0.3 is 0 Å². The summed E-state index contributed by atoms with van der Waals surface area (Å²) in [5.41, 5.74) is 13.8. The van der Waals surface area contributed by atoms with E-state index < -0.39 is 0 Å². The monoisotopic (exact) mass is 448 g/mol. The Morgan fingerprint density at radius 3 is 2.38 bits per heavy atom. The lowest BCUT2D eigenvalue weighted by molar-refractivity contribution is 0.619. The summed E-state index contributed by atoms with van der Waals surface area (Å²) in [6.45, 7) is 20.5. The molecule has 2 unspecified atom stereocenters. The summed E-state index contributed by atoms with van der Waals surface area (Å²) in [6, 6.07) is 18.1. The van der Waals surface area contributed by atoms with Gasteiger partial charge >= 0.3 is 0 Å². The molecular weight excluding hydrogens is 408 g/mol. The molecule has 1 saturated carbocycles. The molecule has 0 aliphatic heterocycles. The predicted octanol–water partition coefficient (Wildman–Crippen LogP) is 9.73.